The number of nitrogens with one attached hydrogen (secondary N) is 1. The molecule has 52 valence electrons. The van der Waals surface area contributed by atoms with Gasteiger partial charge in [0, 0.05) is 6.04 Å². The first-order valence-electron chi connectivity index (χ1n) is 3.71. The molecule has 0 aromatic carbocycles. The molecule has 9 heavy (non-hydrogen) atoms. The molecule has 1 aliphatic rings. The van der Waals surface area contributed by atoms with Crippen LogP contribution in [0.3, 0.4) is 0 Å². The molecule has 2 unspecified atom stereocenters. The minimum absolute atomic E-state index is 0.656. The monoisotopic (exact) mass is 125 g/mol. The maximum atomic E-state index is 3.43. The summed E-state index contributed by atoms with van der Waals surface area (Å²) >= 11 is 0. The van der Waals surface area contributed by atoms with Gasteiger partial charge in [-0.15, -0.1) is 0 Å². The van der Waals surface area contributed by atoms with Crippen molar-refractivity contribution in [2.24, 2.45) is 5.92 Å². The Morgan fingerprint density at radius 3 is 3.00 bits per heavy atom. The van der Waals surface area contributed by atoms with Crippen LogP contribution in [0.4, 0.5) is 0 Å². The van der Waals surface area contributed by atoms with Crippen molar-refractivity contribution >= 4 is 0 Å². The van der Waals surface area contributed by atoms with E-state index >= 15 is 0 Å². The van der Waals surface area contributed by atoms with Crippen molar-refractivity contribution in [3.63, 3.8) is 0 Å². The Hall–Kier alpha value is -0.300. The second kappa shape index (κ2) is 3.02. The smallest absolute Gasteiger partial charge is 0.00990 e. The van der Waals surface area contributed by atoms with E-state index in [0.717, 1.165) is 6.54 Å². The van der Waals surface area contributed by atoms with Crippen molar-refractivity contribution in [1.29, 1.82) is 0 Å². The highest BCUT2D eigenvalue weighted by atomic mass is 14.9. The maximum absolute atomic E-state index is 3.43. The van der Waals surface area contributed by atoms with Crippen LogP contribution in [0.1, 0.15) is 20.3 Å². The van der Waals surface area contributed by atoms with Gasteiger partial charge in [-0.25, -0.2) is 0 Å². The third-order valence-corrected chi connectivity index (χ3v) is 2.01. The zero-order valence-corrected chi connectivity index (χ0v) is 6.22. The lowest BCUT2D eigenvalue weighted by atomic mass is 10.0. The summed E-state index contributed by atoms with van der Waals surface area (Å²) in [4.78, 5) is 0. The van der Waals surface area contributed by atoms with Crippen molar-refractivity contribution in [3.05, 3.63) is 12.2 Å². The molecule has 0 bridgehead atoms. The van der Waals surface area contributed by atoms with Gasteiger partial charge in [0.25, 0.3) is 0 Å². The van der Waals surface area contributed by atoms with Crippen LogP contribution in [0.2, 0.25) is 0 Å². The molecule has 0 amide bonds. The van der Waals surface area contributed by atoms with E-state index in [9.17, 15) is 0 Å². The van der Waals surface area contributed by atoms with Crippen LogP contribution in [-0.4, -0.2) is 12.6 Å². The molecule has 1 nitrogen and oxygen atoms in total. The molecule has 0 saturated carbocycles. The quantitative estimate of drug-likeness (QED) is 0.484. The molecule has 1 N–H and O–H groups in total. The highest BCUT2D eigenvalue weighted by Crippen LogP contribution is 2.07. The molecule has 0 saturated heterocycles. The SMILES string of the molecule is CC1C=CCCNC1C. The average Bonchev–Trinajstić information content (AvgIpc) is 1.99. The molecule has 1 rings (SSSR count). The molecule has 0 radical (unpaired) electrons. The largest absolute Gasteiger partial charge is 0.313 e. The minimum Gasteiger partial charge on any atom is -0.313 e. The summed E-state index contributed by atoms with van der Waals surface area (Å²) in [6.07, 6.45) is 5.75. The van der Waals surface area contributed by atoms with Crippen molar-refractivity contribution in [1.82, 2.24) is 5.32 Å². The Kier molecular flexibility index (Phi) is 2.29. The summed E-state index contributed by atoms with van der Waals surface area (Å²) in [6.45, 7) is 5.63. The van der Waals surface area contributed by atoms with Crippen molar-refractivity contribution in [2.45, 2.75) is 26.3 Å². The topological polar surface area (TPSA) is 12.0 Å². The molecule has 0 spiro atoms. The van der Waals surface area contributed by atoms with Crippen molar-refractivity contribution in [3.8, 4) is 0 Å². The Morgan fingerprint density at radius 1 is 1.44 bits per heavy atom. The van der Waals surface area contributed by atoms with E-state index in [2.05, 4.69) is 31.3 Å². The molecule has 1 heteroatoms. The van der Waals surface area contributed by atoms with Gasteiger partial charge < -0.3 is 5.32 Å². The van der Waals surface area contributed by atoms with Crippen molar-refractivity contribution in [2.75, 3.05) is 6.54 Å². The van der Waals surface area contributed by atoms with Crippen LogP contribution in [0, 0.1) is 5.92 Å². The van der Waals surface area contributed by atoms with Gasteiger partial charge in [-0.1, -0.05) is 19.1 Å². The van der Waals surface area contributed by atoms with Gasteiger partial charge in [-0.2, -0.15) is 0 Å². The Balaban J connectivity index is 2.46. The van der Waals surface area contributed by atoms with E-state index < -0.39 is 0 Å². The lowest BCUT2D eigenvalue weighted by molar-refractivity contribution is 0.477. The van der Waals surface area contributed by atoms with Gasteiger partial charge in [-0.05, 0) is 25.8 Å². The summed E-state index contributed by atoms with van der Waals surface area (Å²) in [5, 5.41) is 3.43. The van der Waals surface area contributed by atoms with Gasteiger partial charge in [-0.3, -0.25) is 0 Å². The number of hydrogen-bond donors (Lipinski definition) is 1. The van der Waals surface area contributed by atoms with E-state index in [1.807, 2.05) is 0 Å². The first-order valence-corrected chi connectivity index (χ1v) is 3.71. The molecule has 0 fully saturated rings. The minimum atomic E-state index is 0.656. The van der Waals surface area contributed by atoms with Gasteiger partial charge in [0.15, 0.2) is 0 Å². The fourth-order valence-corrected chi connectivity index (χ4v) is 1.06. The zero-order valence-electron chi connectivity index (χ0n) is 6.22. The van der Waals surface area contributed by atoms with E-state index in [1.165, 1.54) is 6.42 Å². The highest BCUT2D eigenvalue weighted by molar-refractivity contribution is 4.94. The second-order valence-corrected chi connectivity index (χ2v) is 2.82. The third kappa shape index (κ3) is 1.83. The van der Waals surface area contributed by atoms with Crippen LogP contribution in [0.15, 0.2) is 12.2 Å². The average molecular weight is 125 g/mol. The van der Waals surface area contributed by atoms with E-state index in [4.69, 9.17) is 0 Å². The second-order valence-electron chi connectivity index (χ2n) is 2.82. The van der Waals surface area contributed by atoms with Crippen LogP contribution in [0.5, 0.6) is 0 Å². The number of hydrogen-bond acceptors (Lipinski definition) is 1. The standard InChI is InChI=1S/C8H15N/c1-7-5-3-4-6-9-8(7)2/h3,5,7-9H,4,6H2,1-2H3. The van der Waals surface area contributed by atoms with Crippen molar-refractivity contribution < 1.29 is 0 Å². The summed E-state index contributed by atoms with van der Waals surface area (Å²) in [5.74, 6) is 0.701. The van der Waals surface area contributed by atoms with E-state index in [0.29, 0.717) is 12.0 Å². The maximum Gasteiger partial charge on any atom is 0.00990 e. The Labute approximate surface area is 57.1 Å². The molecular formula is C8H15N. The molecule has 0 aromatic rings. The first-order chi connectivity index (χ1) is 4.30. The zero-order chi connectivity index (χ0) is 6.69. The lowest BCUT2D eigenvalue weighted by Gasteiger charge is -2.14. The molecule has 0 aliphatic carbocycles. The fourth-order valence-electron chi connectivity index (χ4n) is 1.06. The Morgan fingerprint density at radius 2 is 2.22 bits per heavy atom. The summed E-state index contributed by atoms with van der Waals surface area (Å²) in [6, 6.07) is 0.656. The van der Waals surface area contributed by atoms with Gasteiger partial charge >= 0.3 is 0 Å². The predicted molar refractivity (Wildman–Crippen MR) is 40.4 cm³/mol. The van der Waals surface area contributed by atoms with Gasteiger partial charge in [0.2, 0.25) is 0 Å². The van der Waals surface area contributed by atoms with Crippen LogP contribution in [-0.2, 0) is 0 Å². The lowest BCUT2D eigenvalue weighted by Crippen LogP contribution is -2.30. The van der Waals surface area contributed by atoms with Gasteiger partial charge in [0.05, 0.1) is 0 Å². The summed E-state index contributed by atoms with van der Waals surface area (Å²) in [7, 11) is 0. The van der Waals surface area contributed by atoms with Gasteiger partial charge in [0.1, 0.15) is 0 Å². The van der Waals surface area contributed by atoms with E-state index in [-0.39, 0.29) is 0 Å². The van der Waals surface area contributed by atoms with E-state index in [1.54, 1.807) is 0 Å². The number of rotatable bonds is 0. The van der Waals surface area contributed by atoms with Crippen LogP contribution in [0.25, 0.3) is 0 Å². The molecular weight excluding hydrogens is 110 g/mol. The fraction of sp³-hybridized carbons (Fsp3) is 0.750. The first kappa shape index (κ1) is 6.81. The summed E-state index contributed by atoms with van der Waals surface area (Å²) in [5.41, 5.74) is 0. The van der Waals surface area contributed by atoms with Crippen LogP contribution < -0.4 is 5.32 Å². The highest BCUT2D eigenvalue weighted by Gasteiger charge is 2.08. The summed E-state index contributed by atoms with van der Waals surface area (Å²) < 4.78 is 0. The molecule has 1 aliphatic heterocycles. The predicted octanol–water partition coefficient (Wildman–Crippen LogP) is 1.56. The van der Waals surface area contributed by atoms with Crippen LogP contribution >= 0.6 is 0 Å². The third-order valence-electron chi connectivity index (χ3n) is 2.01. The molecule has 1 heterocycles. The molecule has 0 aromatic heterocycles. The molecule has 2 atom stereocenters. The normalized spacial score (nSPS) is 36.2. The Bertz CT molecular complexity index is 107.